The van der Waals surface area contributed by atoms with E-state index in [4.69, 9.17) is 4.74 Å². The van der Waals surface area contributed by atoms with Crippen molar-refractivity contribution in [3.8, 4) is 0 Å². The lowest BCUT2D eigenvalue weighted by molar-refractivity contribution is 0.368. The SMILES string of the molecule is CCc1cccc2c1C(OC)=CCCC2. The molecule has 0 saturated heterocycles. The molecule has 0 saturated carbocycles. The lowest BCUT2D eigenvalue weighted by atomic mass is 9.96. The molecule has 0 spiro atoms. The summed E-state index contributed by atoms with van der Waals surface area (Å²) in [5, 5.41) is 0. The molecule has 0 unspecified atom stereocenters. The number of methoxy groups -OCH3 is 1. The topological polar surface area (TPSA) is 9.23 Å². The predicted octanol–water partition coefficient (Wildman–Crippen LogP) is 3.57. The highest BCUT2D eigenvalue weighted by molar-refractivity contribution is 5.67. The molecule has 0 fully saturated rings. The van der Waals surface area contributed by atoms with E-state index in [1.807, 2.05) is 0 Å². The minimum Gasteiger partial charge on any atom is -0.496 e. The first-order valence-corrected chi connectivity index (χ1v) is 5.72. The van der Waals surface area contributed by atoms with Crippen molar-refractivity contribution in [2.45, 2.75) is 32.6 Å². The Kier molecular flexibility index (Phi) is 3.10. The Morgan fingerprint density at radius 2 is 2.20 bits per heavy atom. The summed E-state index contributed by atoms with van der Waals surface area (Å²) in [4.78, 5) is 0. The molecule has 1 heteroatoms. The van der Waals surface area contributed by atoms with Gasteiger partial charge in [0.2, 0.25) is 0 Å². The molecule has 0 N–H and O–H groups in total. The van der Waals surface area contributed by atoms with Gasteiger partial charge in [0.15, 0.2) is 0 Å². The van der Waals surface area contributed by atoms with Gasteiger partial charge in [0.1, 0.15) is 5.76 Å². The maximum Gasteiger partial charge on any atom is 0.122 e. The molecule has 1 nitrogen and oxygen atoms in total. The monoisotopic (exact) mass is 202 g/mol. The molecule has 1 aromatic rings. The Balaban J connectivity index is 2.56. The summed E-state index contributed by atoms with van der Waals surface area (Å²) < 4.78 is 5.50. The number of fused-ring (bicyclic) bond motifs is 1. The third-order valence-corrected chi connectivity index (χ3v) is 3.06. The Labute approximate surface area is 91.8 Å². The number of allylic oxidation sites excluding steroid dienone is 1. The molecule has 15 heavy (non-hydrogen) atoms. The minimum atomic E-state index is 1.07. The first kappa shape index (κ1) is 10.3. The standard InChI is InChI=1S/C14H18O/c1-3-11-8-6-9-12-7-4-5-10-13(15-2)14(11)12/h6,8-10H,3-5,7H2,1-2H3. The van der Waals surface area contributed by atoms with E-state index in [1.54, 1.807) is 7.11 Å². The van der Waals surface area contributed by atoms with Gasteiger partial charge < -0.3 is 4.74 Å². The van der Waals surface area contributed by atoms with Gasteiger partial charge in [-0.3, -0.25) is 0 Å². The van der Waals surface area contributed by atoms with Crippen molar-refractivity contribution in [3.63, 3.8) is 0 Å². The molecule has 0 radical (unpaired) electrons. The first-order valence-electron chi connectivity index (χ1n) is 5.72. The van der Waals surface area contributed by atoms with Gasteiger partial charge in [0, 0.05) is 5.56 Å². The lowest BCUT2D eigenvalue weighted by Gasteiger charge is -2.13. The summed E-state index contributed by atoms with van der Waals surface area (Å²) in [6.07, 6.45) is 6.83. The number of rotatable bonds is 2. The van der Waals surface area contributed by atoms with E-state index in [-0.39, 0.29) is 0 Å². The van der Waals surface area contributed by atoms with Crippen molar-refractivity contribution < 1.29 is 4.74 Å². The average molecular weight is 202 g/mol. The van der Waals surface area contributed by atoms with E-state index in [1.165, 1.54) is 29.5 Å². The Hall–Kier alpha value is -1.24. The van der Waals surface area contributed by atoms with Crippen LogP contribution in [-0.2, 0) is 17.6 Å². The van der Waals surface area contributed by atoms with Crippen LogP contribution < -0.4 is 0 Å². The van der Waals surface area contributed by atoms with Crippen molar-refractivity contribution in [3.05, 3.63) is 41.0 Å². The maximum absolute atomic E-state index is 5.50. The van der Waals surface area contributed by atoms with Gasteiger partial charge in [0.25, 0.3) is 0 Å². The fourth-order valence-electron chi connectivity index (χ4n) is 2.29. The van der Waals surface area contributed by atoms with Gasteiger partial charge in [-0.15, -0.1) is 0 Å². The summed E-state index contributed by atoms with van der Waals surface area (Å²) in [5.41, 5.74) is 4.20. The molecule has 0 amide bonds. The fourth-order valence-corrected chi connectivity index (χ4v) is 2.29. The van der Waals surface area contributed by atoms with Crippen molar-refractivity contribution in [1.82, 2.24) is 0 Å². The van der Waals surface area contributed by atoms with Crippen molar-refractivity contribution in [2.75, 3.05) is 7.11 Å². The van der Waals surface area contributed by atoms with Gasteiger partial charge in [-0.25, -0.2) is 0 Å². The zero-order valence-corrected chi connectivity index (χ0v) is 9.55. The highest BCUT2D eigenvalue weighted by Gasteiger charge is 2.14. The molecular formula is C14H18O. The van der Waals surface area contributed by atoms with E-state index >= 15 is 0 Å². The summed E-state index contributed by atoms with van der Waals surface area (Å²) >= 11 is 0. The number of hydrogen-bond acceptors (Lipinski definition) is 1. The molecule has 1 aromatic carbocycles. The number of benzene rings is 1. The second kappa shape index (κ2) is 4.52. The minimum absolute atomic E-state index is 1.07. The molecule has 0 aromatic heterocycles. The summed E-state index contributed by atoms with van der Waals surface area (Å²) in [5.74, 6) is 1.07. The van der Waals surface area contributed by atoms with Crippen LogP contribution in [0.4, 0.5) is 0 Å². The quantitative estimate of drug-likeness (QED) is 0.712. The molecule has 0 heterocycles. The van der Waals surface area contributed by atoms with Crippen LogP contribution >= 0.6 is 0 Å². The molecule has 0 aliphatic heterocycles. The van der Waals surface area contributed by atoms with Gasteiger partial charge in [-0.05, 0) is 42.9 Å². The zero-order valence-electron chi connectivity index (χ0n) is 9.55. The number of aryl methyl sites for hydroxylation is 2. The molecular weight excluding hydrogens is 184 g/mol. The van der Waals surface area contributed by atoms with E-state index in [0.717, 1.165) is 18.6 Å². The van der Waals surface area contributed by atoms with E-state index < -0.39 is 0 Å². The summed E-state index contributed by atoms with van der Waals surface area (Å²) in [6, 6.07) is 6.60. The highest BCUT2D eigenvalue weighted by Crippen LogP contribution is 2.29. The largest absolute Gasteiger partial charge is 0.496 e. The second-order valence-corrected chi connectivity index (χ2v) is 3.97. The Bertz CT molecular complexity index is 377. The van der Waals surface area contributed by atoms with Gasteiger partial charge in [-0.2, -0.15) is 0 Å². The molecule has 1 aliphatic carbocycles. The molecule has 0 bridgehead atoms. The number of hydrogen-bond donors (Lipinski definition) is 0. The van der Waals surface area contributed by atoms with Crippen LogP contribution in [0.2, 0.25) is 0 Å². The Morgan fingerprint density at radius 3 is 2.93 bits per heavy atom. The van der Waals surface area contributed by atoms with Crippen LogP contribution in [0.1, 0.15) is 36.5 Å². The van der Waals surface area contributed by atoms with Crippen molar-refractivity contribution in [2.24, 2.45) is 0 Å². The Morgan fingerprint density at radius 1 is 1.33 bits per heavy atom. The third kappa shape index (κ3) is 1.92. The molecule has 0 atom stereocenters. The van der Waals surface area contributed by atoms with Crippen LogP contribution in [0, 0.1) is 0 Å². The average Bonchev–Trinajstić information content (AvgIpc) is 2.50. The predicted molar refractivity (Wildman–Crippen MR) is 63.7 cm³/mol. The third-order valence-electron chi connectivity index (χ3n) is 3.06. The molecule has 2 rings (SSSR count). The number of ether oxygens (including phenoxy) is 1. The summed E-state index contributed by atoms with van der Waals surface area (Å²) in [7, 11) is 1.77. The van der Waals surface area contributed by atoms with Gasteiger partial charge in [-0.1, -0.05) is 25.1 Å². The smallest absolute Gasteiger partial charge is 0.122 e. The van der Waals surface area contributed by atoms with Crippen molar-refractivity contribution >= 4 is 5.76 Å². The van der Waals surface area contributed by atoms with Crippen LogP contribution in [0.15, 0.2) is 24.3 Å². The maximum atomic E-state index is 5.50. The van der Waals surface area contributed by atoms with Crippen LogP contribution in [0.5, 0.6) is 0 Å². The van der Waals surface area contributed by atoms with Crippen LogP contribution in [-0.4, -0.2) is 7.11 Å². The highest BCUT2D eigenvalue weighted by atomic mass is 16.5. The second-order valence-electron chi connectivity index (χ2n) is 3.97. The summed E-state index contributed by atoms with van der Waals surface area (Å²) in [6.45, 7) is 2.20. The first-order chi connectivity index (χ1) is 7.36. The molecule has 80 valence electrons. The van der Waals surface area contributed by atoms with Gasteiger partial charge >= 0.3 is 0 Å². The van der Waals surface area contributed by atoms with Crippen LogP contribution in [0.3, 0.4) is 0 Å². The van der Waals surface area contributed by atoms with E-state index in [0.29, 0.717) is 0 Å². The normalized spacial score (nSPS) is 15.2. The van der Waals surface area contributed by atoms with Crippen molar-refractivity contribution in [1.29, 1.82) is 0 Å². The van der Waals surface area contributed by atoms with Gasteiger partial charge in [0.05, 0.1) is 7.11 Å². The van der Waals surface area contributed by atoms with E-state index in [2.05, 4.69) is 31.2 Å². The molecule has 1 aliphatic rings. The lowest BCUT2D eigenvalue weighted by Crippen LogP contribution is -1.98. The zero-order chi connectivity index (χ0) is 10.7. The van der Waals surface area contributed by atoms with E-state index in [9.17, 15) is 0 Å². The fraction of sp³-hybridized carbons (Fsp3) is 0.429. The van der Waals surface area contributed by atoms with Crippen LogP contribution in [0.25, 0.3) is 5.76 Å².